The van der Waals surface area contributed by atoms with Crippen LogP contribution in [0.3, 0.4) is 0 Å². The third-order valence-electron chi connectivity index (χ3n) is 4.43. The molecular formula is C18H24N4O3. The first-order chi connectivity index (χ1) is 11.8. The highest BCUT2D eigenvalue weighted by Gasteiger charge is 2.32. The van der Waals surface area contributed by atoms with E-state index in [1.807, 2.05) is 27.7 Å². The van der Waals surface area contributed by atoms with Crippen LogP contribution < -0.4 is 5.56 Å². The van der Waals surface area contributed by atoms with Gasteiger partial charge in [0.2, 0.25) is 5.91 Å². The van der Waals surface area contributed by atoms with Crippen LogP contribution in [0.15, 0.2) is 23.1 Å². The standard InChI is InChI=1S/C18H24N4O3/c1-12(2)22-16-14(10-19-22)9-13(17(24)20-16)5-6-15(23)21-7-8-25-11-18(21,3)4/h5-6,9-10,12H,7-8,11H2,1-4H3,(H,20,24). The summed E-state index contributed by atoms with van der Waals surface area (Å²) in [7, 11) is 0. The Labute approximate surface area is 146 Å². The quantitative estimate of drug-likeness (QED) is 0.863. The van der Waals surface area contributed by atoms with Crippen LogP contribution in [0.5, 0.6) is 0 Å². The van der Waals surface area contributed by atoms with E-state index in [0.29, 0.717) is 31.0 Å². The van der Waals surface area contributed by atoms with E-state index >= 15 is 0 Å². The summed E-state index contributed by atoms with van der Waals surface area (Å²) in [6.45, 7) is 9.53. The third kappa shape index (κ3) is 3.37. The van der Waals surface area contributed by atoms with Crippen molar-refractivity contribution >= 4 is 23.0 Å². The smallest absolute Gasteiger partial charge is 0.256 e. The van der Waals surface area contributed by atoms with Crippen molar-refractivity contribution in [2.24, 2.45) is 0 Å². The third-order valence-corrected chi connectivity index (χ3v) is 4.43. The zero-order valence-electron chi connectivity index (χ0n) is 15.1. The SMILES string of the molecule is CC(C)n1ncc2cc(C=CC(=O)N3CCOCC3(C)C)c(=O)[nH]c21. The maximum absolute atomic E-state index is 12.5. The average Bonchev–Trinajstić information content (AvgIpc) is 2.94. The van der Waals surface area contributed by atoms with Crippen molar-refractivity contribution in [3.05, 3.63) is 34.3 Å². The van der Waals surface area contributed by atoms with Gasteiger partial charge < -0.3 is 14.6 Å². The number of aromatic amines is 1. The molecule has 1 aliphatic rings. The summed E-state index contributed by atoms with van der Waals surface area (Å²) < 4.78 is 7.20. The molecule has 2 aromatic rings. The van der Waals surface area contributed by atoms with Gasteiger partial charge in [-0.15, -0.1) is 0 Å². The molecule has 0 bridgehead atoms. The van der Waals surface area contributed by atoms with E-state index in [2.05, 4.69) is 10.1 Å². The lowest BCUT2D eigenvalue weighted by Gasteiger charge is -2.41. The molecule has 0 saturated carbocycles. The number of aromatic nitrogens is 3. The number of amides is 1. The average molecular weight is 344 g/mol. The fourth-order valence-corrected chi connectivity index (χ4v) is 3.06. The Hall–Kier alpha value is -2.41. The van der Waals surface area contributed by atoms with Gasteiger partial charge in [-0.3, -0.25) is 9.59 Å². The lowest BCUT2D eigenvalue weighted by atomic mass is 10.0. The van der Waals surface area contributed by atoms with Gasteiger partial charge in [0.15, 0.2) is 0 Å². The molecule has 0 aliphatic carbocycles. The minimum Gasteiger partial charge on any atom is -0.377 e. The van der Waals surface area contributed by atoms with Gasteiger partial charge in [-0.25, -0.2) is 4.68 Å². The number of H-pyrrole nitrogens is 1. The maximum atomic E-state index is 12.5. The topological polar surface area (TPSA) is 80.2 Å². The zero-order chi connectivity index (χ0) is 18.2. The van der Waals surface area contributed by atoms with Crippen molar-refractivity contribution in [3.8, 4) is 0 Å². The Morgan fingerprint density at radius 3 is 2.88 bits per heavy atom. The van der Waals surface area contributed by atoms with E-state index in [9.17, 15) is 9.59 Å². The number of rotatable bonds is 3. The zero-order valence-corrected chi connectivity index (χ0v) is 15.1. The van der Waals surface area contributed by atoms with E-state index in [-0.39, 0.29) is 23.0 Å². The van der Waals surface area contributed by atoms with E-state index in [4.69, 9.17) is 4.74 Å². The molecule has 1 N–H and O–H groups in total. The molecule has 7 heteroatoms. The highest BCUT2D eigenvalue weighted by atomic mass is 16.5. The minimum atomic E-state index is -0.353. The van der Waals surface area contributed by atoms with Crippen molar-refractivity contribution in [3.63, 3.8) is 0 Å². The van der Waals surface area contributed by atoms with E-state index in [1.165, 1.54) is 6.08 Å². The molecule has 3 rings (SSSR count). The fourth-order valence-electron chi connectivity index (χ4n) is 3.06. The molecule has 2 aromatic heterocycles. The van der Waals surface area contributed by atoms with Gasteiger partial charge in [0, 0.05) is 29.6 Å². The largest absolute Gasteiger partial charge is 0.377 e. The van der Waals surface area contributed by atoms with Gasteiger partial charge in [-0.05, 0) is 39.8 Å². The first kappa shape index (κ1) is 17.4. The first-order valence-electron chi connectivity index (χ1n) is 8.47. The first-order valence-corrected chi connectivity index (χ1v) is 8.47. The summed E-state index contributed by atoms with van der Waals surface area (Å²) in [5, 5.41) is 5.14. The number of fused-ring (bicyclic) bond motifs is 1. The molecule has 1 aliphatic heterocycles. The number of morpholine rings is 1. The van der Waals surface area contributed by atoms with Crippen LogP contribution >= 0.6 is 0 Å². The molecule has 1 saturated heterocycles. The highest BCUT2D eigenvalue weighted by molar-refractivity contribution is 5.92. The summed E-state index contributed by atoms with van der Waals surface area (Å²) in [6, 6.07) is 1.91. The second kappa shape index (κ2) is 6.48. The summed E-state index contributed by atoms with van der Waals surface area (Å²) >= 11 is 0. The van der Waals surface area contributed by atoms with Gasteiger partial charge in [0.25, 0.3) is 5.56 Å². The summed E-state index contributed by atoms with van der Waals surface area (Å²) in [5.41, 5.74) is 0.544. The second-order valence-electron chi connectivity index (χ2n) is 7.23. The monoisotopic (exact) mass is 344 g/mol. The number of ether oxygens (including phenoxy) is 1. The number of carbonyl (C=O) groups is 1. The molecule has 134 valence electrons. The molecule has 0 unspecified atom stereocenters. The van der Waals surface area contributed by atoms with Gasteiger partial charge in [0.05, 0.1) is 24.9 Å². The Morgan fingerprint density at radius 2 is 2.20 bits per heavy atom. The van der Waals surface area contributed by atoms with Crippen molar-refractivity contribution in [1.29, 1.82) is 0 Å². The van der Waals surface area contributed by atoms with Crippen LogP contribution in [0.1, 0.15) is 39.3 Å². The Balaban J connectivity index is 1.87. The number of nitrogens with zero attached hydrogens (tertiary/aromatic N) is 3. The molecule has 1 fully saturated rings. The number of carbonyl (C=O) groups excluding carboxylic acids is 1. The van der Waals surface area contributed by atoms with Crippen LogP contribution in [0.4, 0.5) is 0 Å². The number of pyridine rings is 1. The molecule has 7 nitrogen and oxygen atoms in total. The second-order valence-corrected chi connectivity index (χ2v) is 7.23. The minimum absolute atomic E-state index is 0.120. The fraction of sp³-hybridized carbons (Fsp3) is 0.500. The summed E-state index contributed by atoms with van der Waals surface area (Å²) in [6.07, 6.45) is 4.74. The van der Waals surface area contributed by atoms with Gasteiger partial charge in [-0.2, -0.15) is 5.10 Å². The van der Waals surface area contributed by atoms with Gasteiger partial charge in [0.1, 0.15) is 5.65 Å². The lowest BCUT2D eigenvalue weighted by Crippen LogP contribution is -2.55. The molecule has 3 heterocycles. The Bertz CT molecular complexity index is 876. The van der Waals surface area contributed by atoms with Crippen LogP contribution in [-0.4, -0.2) is 50.9 Å². The lowest BCUT2D eigenvalue weighted by molar-refractivity contribution is -0.140. The van der Waals surface area contributed by atoms with Gasteiger partial charge >= 0.3 is 0 Å². The van der Waals surface area contributed by atoms with E-state index in [0.717, 1.165) is 5.39 Å². The number of hydrogen-bond donors (Lipinski definition) is 1. The molecule has 0 atom stereocenters. The van der Waals surface area contributed by atoms with Crippen LogP contribution in [0.2, 0.25) is 0 Å². The van der Waals surface area contributed by atoms with Crippen molar-refractivity contribution in [2.45, 2.75) is 39.3 Å². The van der Waals surface area contributed by atoms with Crippen molar-refractivity contribution < 1.29 is 9.53 Å². The van der Waals surface area contributed by atoms with Crippen LogP contribution in [0, 0.1) is 0 Å². The van der Waals surface area contributed by atoms with Crippen molar-refractivity contribution in [2.75, 3.05) is 19.8 Å². The maximum Gasteiger partial charge on any atom is 0.256 e. The van der Waals surface area contributed by atoms with Gasteiger partial charge in [-0.1, -0.05) is 0 Å². The highest BCUT2D eigenvalue weighted by Crippen LogP contribution is 2.20. The molecule has 25 heavy (non-hydrogen) atoms. The number of hydrogen-bond acceptors (Lipinski definition) is 4. The molecule has 0 aromatic carbocycles. The Morgan fingerprint density at radius 1 is 1.44 bits per heavy atom. The van der Waals surface area contributed by atoms with Crippen LogP contribution in [0.25, 0.3) is 17.1 Å². The number of nitrogens with one attached hydrogen (secondary N) is 1. The molecule has 0 radical (unpaired) electrons. The summed E-state index contributed by atoms with van der Waals surface area (Å²) in [5.74, 6) is -0.120. The predicted octanol–water partition coefficient (Wildman–Crippen LogP) is 1.96. The predicted molar refractivity (Wildman–Crippen MR) is 96.4 cm³/mol. The molecular weight excluding hydrogens is 320 g/mol. The molecule has 0 spiro atoms. The normalized spacial score (nSPS) is 17.7. The Kier molecular flexibility index (Phi) is 4.51. The molecule has 1 amide bonds. The summed E-state index contributed by atoms with van der Waals surface area (Å²) in [4.78, 5) is 29.5. The van der Waals surface area contributed by atoms with Crippen molar-refractivity contribution in [1.82, 2.24) is 19.7 Å². The van der Waals surface area contributed by atoms with E-state index < -0.39 is 0 Å². The van der Waals surface area contributed by atoms with Crippen LogP contribution in [-0.2, 0) is 9.53 Å². The van der Waals surface area contributed by atoms with E-state index in [1.54, 1.807) is 27.9 Å².